The molecule has 6 heteroatoms. The Balaban J connectivity index is 1.45. The maximum Gasteiger partial charge on any atom is 0.253 e. The summed E-state index contributed by atoms with van der Waals surface area (Å²) < 4.78 is 5.69. The minimum Gasteiger partial charge on any atom is -0.377 e. The number of amides is 1. The second kappa shape index (κ2) is 7.40. The Morgan fingerprint density at radius 3 is 2.91 bits per heavy atom. The Morgan fingerprint density at radius 1 is 1.41 bits per heavy atom. The third kappa shape index (κ3) is 3.97. The molecular formula is C16H22ClN3O2. The number of hydrogen-bond acceptors (Lipinski definition) is 4. The van der Waals surface area contributed by atoms with Crippen molar-refractivity contribution in [1.82, 2.24) is 15.2 Å². The molecule has 2 fully saturated rings. The molecule has 22 heavy (non-hydrogen) atoms. The monoisotopic (exact) mass is 323 g/mol. The largest absolute Gasteiger partial charge is 0.377 e. The van der Waals surface area contributed by atoms with Crippen LogP contribution in [-0.4, -0.2) is 54.2 Å². The first-order valence-corrected chi connectivity index (χ1v) is 8.34. The maximum atomic E-state index is 12.2. The molecule has 5 nitrogen and oxygen atoms in total. The molecule has 0 spiro atoms. The molecule has 0 radical (unpaired) electrons. The number of carbonyl (C=O) groups is 1. The van der Waals surface area contributed by atoms with Crippen molar-refractivity contribution in [2.75, 3.05) is 26.2 Å². The van der Waals surface area contributed by atoms with Crippen LogP contribution in [0.1, 0.15) is 36.0 Å². The zero-order valence-corrected chi connectivity index (χ0v) is 13.4. The van der Waals surface area contributed by atoms with E-state index in [1.807, 2.05) is 0 Å². The fourth-order valence-electron chi connectivity index (χ4n) is 3.16. The van der Waals surface area contributed by atoms with Crippen molar-refractivity contribution in [2.24, 2.45) is 0 Å². The highest BCUT2D eigenvalue weighted by Crippen LogP contribution is 2.18. The lowest BCUT2D eigenvalue weighted by atomic mass is 10.0. The summed E-state index contributed by atoms with van der Waals surface area (Å²) in [7, 11) is 0. The number of nitrogens with one attached hydrogen (secondary N) is 1. The molecule has 3 rings (SSSR count). The lowest BCUT2D eigenvalue weighted by molar-refractivity contribution is 0.0613. The molecule has 0 aromatic carbocycles. The summed E-state index contributed by atoms with van der Waals surface area (Å²) in [6.07, 6.45) is 7.80. The van der Waals surface area contributed by atoms with E-state index in [1.165, 1.54) is 19.0 Å². The molecule has 0 bridgehead atoms. The summed E-state index contributed by atoms with van der Waals surface area (Å²) >= 11 is 6.01. The lowest BCUT2D eigenvalue weighted by Gasteiger charge is -2.33. The number of carbonyl (C=O) groups excluding carboxylic acids is 1. The Kier molecular flexibility index (Phi) is 5.28. The molecule has 2 aliphatic rings. The van der Waals surface area contributed by atoms with Gasteiger partial charge >= 0.3 is 0 Å². The molecule has 0 unspecified atom stereocenters. The van der Waals surface area contributed by atoms with Gasteiger partial charge in [-0.25, -0.2) is 0 Å². The molecule has 0 saturated carbocycles. The Hall–Kier alpha value is -1.17. The van der Waals surface area contributed by atoms with Crippen molar-refractivity contribution in [3.05, 3.63) is 29.0 Å². The smallest absolute Gasteiger partial charge is 0.253 e. The van der Waals surface area contributed by atoms with Crippen molar-refractivity contribution in [2.45, 2.75) is 37.8 Å². The summed E-state index contributed by atoms with van der Waals surface area (Å²) in [5, 5.41) is 3.48. The van der Waals surface area contributed by atoms with Crippen molar-refractivity contribution in [3.63, 3.8) is 0 Å². The van der Waals surface area contributed by atoms with Gasteiger partial charge in [0.15, 0.2) is 0 Å². The number of nitrogens with zero attached hydrogens (tertiary/aromatic N) is 2. The average Bonchev–Trinajstić information content (AvgIpc) is 3.02. The first-order chi connectivity index (χ1) is 10.7. The summed E-state index contributed by atoms with van der Waals surface area (Å²) in [6.45, 7) is 3.95. The molecule has 2 saturated heterocycles. The number of pyridine rings is 1. The summed E-state index contributed by atoms with van der Waals surface area (Å²) in [5.74, 6) is -0.107. The van der Waals surface area contributed by atoms with E-state index in [0.29, 0.717) is 16.7 Å². The summed E-state index contributed by atoms with van der Waals surface area (Å²) in [6, 6.07) is 1.88. The van der Waals surface area contributed by atoms with E-state index < -0.39 is 0 Å². The third-order valence-electron chi connectivity index (χ3n) is 4.43. The highest BCUT2D eigenvalue weighted by molar-refractivity contribution is 6.33. The minimum atomic E-state index is -0.107. The Labute approximate surface area is 136 Å². The van der Waals surface area contributed by atoms with Crippen LogP contribution in [-0.2, 0) is 4.74 Å². The van der Waals surface area contributed by atoms with Crippen LogP contribution in [0.25, 0.3) is 0 Å². The number of rotatable bonds is 4. The van der Waals surface area contributed by atoms with Crippen LogP contribution in [0.4, 0.5) is 0 Å². The van der Waals surface area contributed by atoms with E-state index >= 15 is 0 Å². The van der Waals surface area contributed by atoms with Gasteiger partial charge in [0, 0.05) is 44.7 Å². The average molecular weight is 324 g/mol. The normalized spacial score (nSPS) is 23.6. The second-order valence-corrected chi connectivity index (χ2v) is 6.45. The maximum absolute atomic E-state index is 12.2. The van der Waals surface area contributed by atoms with Crippen LogP contribution in [0.2, 0.25) is 5.02 Å². The zero-order valence-electron chi connectivity index (χ0n) is 12.6. The Bertz CT molecular complexity index is 512. The predicted molar refractivity (Wildman–Crippen MR) is 85.1 cm³/mol. The minimum absolute atomic E-state index is 0.107. The highest BCUT2D eigenvalue weighted by Gasteiger charge is 2.25. The second-order valence-electron chi connectivity index (χ2n) is 6.04. The lowest BCUT2D eigenvalue weighted by Crippen LogP contribution is -2.46. The van der Waals surface area contributed by atoms with E-state index in [4.69, 9.17) is 16.3 Å². The molecule has 3 heterocycles. The van der Waals surface area contributed by atoms with E-state index in [9.17, 15) is 4.79 Å². The molecule has 0 aliphatic carbocycles. The zero-order chi connectivity index (χ0) is 15.4. The number of halogens is 1. The fraction of sp³-hybridized carbons (Fsp3) is 0.625. The quantitative estimate of drug-likeness (QED) is 0.922. The van der Waals surface area contributed by atoms with Crippen LogP contribution < -0.4 is 5.32 Å². The van der Waals surface area contributed by atoms with E-state index in [-0.39, 0.29) is 11.9 Å². The van der Waals surface area contributed by atoms with Crippen LogP contribution in [0.15, 0.2) is 18.5 Å². The van der Waals surface area contributed by atoms with Gasteiger partial charge in [-0.15, -0.1) is 0 Å². The number of ether oxygens (including phenoxy) is 1. The SMILES string of the molecule is O=C(NC1CCN(C[C@@H]2CCCO2)CC1)c1ccncc1Cl. The van der Waals surface area contributed by atoms with Crippen molar-refractivity contribution in [1.29, 1.82) is 0 Å². The van der Waals surface area contributed by atoms with Gasteiger partial charge in [0.1, 0.15) is 0 Å². The van der Waals surface area contributed by atoms with Crippen LogP contribution in [0, 0.1) is 0 Å². The molecule has 2 aliphatic heterocycles. The fourth-order valence-corrected chi connectivity index (χ4v) is 3.36. The van der Waals surface area contributed by atoms with Gasteiger partial charge in [0.2, 0.25) is 0 Å². The van der Waals surface area contributed by atoms with Gasteiger partial charge in [-0.05, 0) is 31.7 Å². The van der Waals surface area contributed by atoms with E-state index in [0.717, 1.165) is 39.1 Å². The van der Waals surface area contributed by atoms with Gasteiger partial charge in [-0.1, -0.05) is 11.6 Å². The van der Waals surface area contributed by atoms with Gasteiger partial charge in [0.25, 0.3) is 5.91 Å². The van der Waals surface area contributed by atoms with Gasteiger partial charge in [-0.2, -0.15) is 0 Å². The predicted octanol–water partition coefficient (Wildman–Crippen LogP) is 2.11. The third-order valence-corrected chi connectivity index (χ3v) is 4.73. The molecular weight excluding hydrogens is 302 g/mol. The summed E-state index contributed by atoms with van der Waals surface area (Å²) in [5.41, 5.74) is 0.499. The molecule has 120 valence electrons. The first-order valence-electron chi connectivity index (χ1n) is 7.96. The van der Waals surface area contributed by atoms with Gasteiger partial charge in [-0.3, -0.25) is 9.78 Å². The number of likely N-dealkylation sites (tertiary alicyclic amines) is 1. The number of aromatic nitrogens is 1. The van der Waals surface area contributed by atoms with Crippen LogP contribution in [0.5, 0.6) is 0 Å². The van der Waals surface area contributed by atoms with Crippen LogP contribution >= 0.6 is 11.6 Å². The van der Waals surface area contributed by atoms with E-state index in [2.05, 4.69) is 15.2 Å². The molecule has 1 amide bonds. The first kappa shape index (κ1) is 15.7. The van der Waals surface area contributed by atoms with Crippen molar-refractivity contribution < 1.29 is 9.53 Å². The molecule has 1 atom stereocenters. The summed E-state index contributed by atoms with van der Waals surface area (Å²) in [4.78, 5) is 18.6. The molecule has 1 aromatic rings. The van der Waals surface area contributed by atoms with Gasteiger partial charge < -0.3 is 15.0 Å². The van der Waals surface area contributed by atoms with Crippen molar-refractivity contribution in [3.8, 4) is 0 Å². The Morgan fingerprint density at radius 2 is 2.23 bits per heavy atom. The van der Waals surface area contributed by atoms with Crippen molar-refractivity contribution >= 4 is 17.5 Å². The topological polar surface area (TPSA) is 54.5 Å². The number of piperidine rings is 1. The molecule has 1 aromatic heterocycles. The van der Waals surface area contributed by atoms with E-state index in [1.54, 1.807) is 12.3 Å². The van der Waals surface area contributed by atoms with Crippen LogP contribution in [0.3, 0.4) is 0 Å². The molecule has 1 N–H and O–H groups in total. The number of hydrogen-bond donors (Lipinski definition) is 1. The van der Waals surface area contributed by atoms with Gasteiger partial charge in [0.05, 0.1) is 16.7 Å². The standard InChI is InChI=1S/C16H22ClN3O2/c17-15-10-18-6-3-14(15)16(21)19-12-4-7-20(8-5-12)11-13-2-1-9-22-13/h3,6,10,12-13H,1-2,4-5,7-9,11H2,(H,19,21)/t13-/m0/s1. The highest BCUT2D eigenvalue weighted by atomic mass is 35.5.